The summed E-state index contributed by atoms with van der Waals surface area (Å²) < 4.78 is 28.1. The SMILES string of the molecule is COC(CCC1(OC)CCCC[Si]1(OC)OC)OC. The zero-order valence-corrected chi connectivity index (χ0v) is 13.9. The Morgan fingerprint density at radius 2 is 1.63 bits per heavy atom. The Labute approximate surface area is 117 Å². The fourth-order valence-corrected chi connectivity index (χ4v) is 7.09. The summed E-state index contributed by atoms with van der Waals surface area (Å²) in [6.07, 6.45) is 4.70. The molecule has 1 rings (SSSR count). The van der Waals surface area contributed by atoms with Crippen molar-refractivity contribution in [1.29, 1.82) is 0 Å². The van der Waals surface area contributed by atoms with Crippen molar-refractivity contribution in [2.24, 2.45) is 0 Å². The fourth-order valence-electron chi connectivity index (χ4n) is 3.20. The minimum atomic E-state index is -2.34. The van der Waals surface area contributed by atoms with Gasteiger partial charge in [-0.1, -0.05) is 12.8 Å². The van der Waals surface area contributed by atoms with Crippen LogP contribution in [0.5, 0.6) is 0 Å². The highest BCUT2D eigenvalue weighted by Gasteiger charge is 2.58. The molecule has 0 aromatic heterocycles. The van der Waals surface area contributed by atoms with E-state index in [1.165, 1.54) is 0 Å². The van der Waals surface area contributed by atoms with Crippen molar-refractivity contribution in [3.05, 3.63) is 0 Å². The van der Waals surface area contributed by atoms with Crippen LogP contribution in [0.2, 0.25) is 6.04 Å². The van der Waals surface area contributed by atoms with Crippen LogP contribution in [0, 0.1) is 0 Å². The van der Waals surface area contributed by atoms with Crippen molar-refractivity contribution in [3.63, 3.8) is 0 Å². The van der Waals surface area contributed by atoms with Crippen LogP contribution in [0.25, 0.3) is 0 Å². The first-order valence-corrected chi connectivity index (χ1v) is 8.87. The standard InChI is InChI=1S/C13H28O5Si/c1-14-12(15-2)8-10-13(16-3)9-6-7-11-19(13,17-4)18-5/h12H,6-11H2,1-5H3. The first-order chi connectivity index (χ1) is 9.13. The molecular weight excluding hydrogens is 264 g/mol. The van der Waals surface area contributed by atoms with E-state index < -0.39 is 8.56 Å². The Morgan fingerprint density at radius 1 is 1.00 bits per heavy atom. The Bertz CT molecular complexity index is 255. The highest BCUT2D eigenvalue weighted by Crippen LogP contribution is 2.43. The second-order valence-corrected chi connectivity index (χ2v) is 8.74. The topological polar surface area (TPSA) is 46.2 Å². The number of ether oxygens (including phenoxy) is 3. The van der Waals surface area contributed by atoms with E-state index in [4.69, 9.17) is 23.1 Å². The summed E-state index contributed by atoms with van der Waals surface area (Å²) in [7, 11) is 6.24. The van der Waals surface area contributed by atoms with Gasteiger partial charge in [0.25, 0.3) is 0 Å². The Kier molecular flexibility index (Phi) is 6.92. The van der Waals surface area contributed by atoms with Gasteiger partial charge in [0.05, 0.1) is 0 Å². The van der Waals surface area contributed by atoms with Gasteiger partial charge >= 0.3 is 8.56 Å². The molecule has 0 aromatic carbocycles. The van der Waals surface area contributed by atoms with Gasteiger partial charge in [0.2, 0.25) is 0 Å². The molecule has 0 N–H and O–H groups in total. The lowest BCUT2D eigenvalue weighted by Crippen LogP contribution is -2.64. The molecule has 0 spiro atoms. The van der Waals surface area contributed by atoms with Crippen LogP contribution in [-0.4, -0.2) is 55.6 Å². The minimum Gasteiger partial charge on any atom is -0.396 e. The van der Waals surface area contributed by atoms with Crippen LogP contribution in [0.1, 0.15) is 32.1 Å². The van der Waals surface area contributed by atoms with Gasteiger partial charge in [-0.15, -0.1) is 0 Å². The van der Waals surface area contributed by atoms with Crippen molar-refractivity contribution >= 4 is 8.56 Å². The minimum absolute atomic E-state index is 0.200. The van der Waals surface area contributed by atoms with Crippen LogP contribution < -0.4 is 0 Å². The highest BCUT2D eigenvalue weighted by molar-refractivity contribution is 6.70. The van der Waals surface area contributed by atoms with E-state index in [0.29, 0.717) is 0 Å². The molecule has 1 aliphatic rings. The molecule has 1 saturated heterocycles. The van der Waals surface area contributed by atoms with E-state index >= 15 is 0 Å². The van der Waals surface area contributed by atoms with Crippen LogP contribution in [0.15, 0.2) is 0 Å². The Morgan fingerprint density at radius 3 is 2.11 bits per heavy atom. The molecule has 19 heavy (non-hydrogen) atoms. The predicted octanol–water partition coefficient (Wildman–Crippen LogP) is 2.23. The molecule has 0 aliphatic carbocycles. The van der Waals surface area contributed by atoms with Crippen LogP contribution in [0.3, 0.4) is 0 Å². The van der Waals surface area contributed by atoms with Gasteiger partial charge in [0.1, 0.15) is 5.22 Å². The maximum Gasteiger partial charge on any atom is 0.370 e. The van der Waals surface area contributed by atoms with Crippen molar-refractivity contribution < 1.29 is 23.1 Å². The molecule has 6 heteroatoms. The molecule has 0 radical (unpaired) electrons. The molecule has 0 amide bonds. The lowest BCUT2D eigenvalue weighted by Gasteiger charge is -2.48. The van der Waals surface area contributed by atoms with Crippen molar-refractivity contribution in [3.8, 4) is 0 Å². The molecular formula is C13H28O5Si. The van der Waals surface area contributed by atoms with Crippen LogP contribution >= 0.6 is 0 Å². The monoisotopic (exact) mass is 292 g/mol. The summed E-state index contributed by atoms with van der Waals surface area (Å²) >= 11 is 0. The third kappa shape index (κ3) is 3.37. The fraction of sp³-hybridized carbons (Fsp3) is 1.00. The second-order valence-electron chi connectivity index (χ2n) is 5.01. The van der Waals surface area contributed by atoms with Crippen molar-refractivity contribution in [1.82, 2.24) is 0 Å². The molecule has 1 atom stereocenters. The number of hydrogen-bond donors (Lipinski definition) is 0. The van der Waals surface area contributed by atoms with E-state index in [2.05, 4.69) is 0 Å². The van der Waals surface area contributed by atoms with E-state index in [-0.39, 0.29) is 11.5 Å². The highest BCUT2D eigenvalue weighted by atomic mass is 28.4. The average molecular weight is 292 g/mol. The molecule has 5 nitrogen and oxygen atoms in total. The molecule has 1 fully saturated rings. The number of methoxy groups -OCH3 is 3. The average Bonchev–Trinajstić information content (AvgIpc) is 2.48. The lowest BCUT2D eigenvalue weighted by atomic mass is 10.1. The summed E-state index contributed by atoms with van der Waals surface area (Å²) in [5.41, 5.74) is 0. The molecule has 1 unspecified atom stereocenters. The van der Waals surface area contributed by atoms with E-state index in [1.54, 1.807) is 35.5 Å². The smallest absolute Gasteiger partial charge is 0.370 e. The summed E-state index contributed by atoms with van der Waals surface area (Å²) in [6, 6.07) is 0.985. The summed E-state index contributed by atoms with van der Waals surface area (Å²) in [5, 5.41) is -0.302. The molecule has 0 saturated carbocycles. The first kappa shape index (κ1) is 17.1. The lowest BCUT2D eigenvalue weighted by molar-refractivity contribution is -0.118. The van der Waals surface area contributed by atoms with Gasteiger partial charge < -0.3 is 23.1 Å². The summed E-state index contributed by atoms with van der Waals surface area (Å²) in [5.74, 6) is 0. The van der Waals surface area contributed by atoms with E-state index in [1.807, 2.05) is 0 Å². The van der Waals surface area contributed by atoms with E-state index in [0.717, 1.165) is 38.1 Å². The van der Waals surface area contributed by atoms with Crippen LogP contribution in [0.4, 0.5) is 0 Å². The van der Waals surface area contributed by atoms with Gasteiger partial charge in [-0.25, -0.2) is 0 Å². The normalized spacial score (nSPS) is 26.8. The van der Waals surface area contributed by atoms with E-state index in [9.17, 15) is 0 Å². The van der Waals surface area contributed by atoms with Gasteiger partial charge in [-0.2, -0.15) is 0 Å². The predicted molar refractivity (Wildman–Crippen MR) is 75.2 cm³/mol. The molecule has 0 aromatic rings. The summed E-state index contributed by atoms with van der Waals surface area (Å²) in [4.78, 5) is 0. The first-order valence-electron chi connectivity index (χ1n) is 6.84. The largest absolute Gasteiger partial charge is 0.396 e. The van der Waals surface area contributed by atoms with Gasteiger partial charge in [0.15, 0.2) is 6.29 Å². The molecule has 114 valence electrons. The Balaban J connectivity index is 2.85. The van der Waals surface area contributed by atoms with Crippen LogP contribution in [-0.2, 0) is 23.1 Å². The van der Waals surface area contributed by atoms with Crippen molar-refractivity contribution in [2.75, 3.05) is 35.5 Å². The molecule has 1 heterocycles. The van der Waals surface area contributed by atoms with Gasteiger partial charge in [0, 0.05) is 42.0 Å². The summed E-state index contributed by atoms with van der Waals surface area (Å²) in [6.45, 7) is 0. The maximum absolute atomic E-state index is 5.92. The number of hydrogen-bond acceptors (Lipinski definition) is 5. The van der Waals surface area contributed by atoms with Crippen molar-refractivity contribution in [2.45, 2.75) is 49.7 Å². The Hall–Kier alpha value is 0.0169. The van der Waals surface area contributed by atoms with Gasteiger partial charge in [-0.05, 0) is 18.9 Å². The molecule has 1 aliphatic heterocycles. The number of rotatable bonds is 8. The zero-order valence-electron chi connectivity index (χ0n) is 12.9. The zero-order chi connectivity index (χ0) is 14.4. The quantitative estimate of drug-likeness (QED) is 0.507. The molecule has 0 bridgehead atoms. The maximum atomic E-state index is 5.92. The van der Waals surface area contributed by atoms with Gasteiger partial charge in [-0.3, -0.25) is 0 Å². The third-order valence-corrected chi connectivity index (χ3v) is 8.81. The second kappa shape index (κ2) is 7.71. The third-order valence-electron chi connectivity index (χ3n) is 4.39.